The molecule has 17 heavy (non-hydrogen) atoms. The van der Waals surface area contributed by atoms with Crippen molar-refractivity contribution in [3.8, 4) is 0 Å². The van der Waals surface area contributed by atoms with Crippen molar-refractivity contribution in [1.29, 1.82) is 0 Å². The van der Waals surface area contributed by atoms with Crippen LogP contribution in [0.3, 0.4) is 0 Å². The fourth-order valence-electron chi connectivity index (χ4n) is 2.37. The van der Waals surface area contributed by atoms with E-state index in [0.29, 0.717) is 6.54 Å². The van der Waals surface area contributed by atoms with Gasteiger partial charge in [0, 0.05) is 13.1 Å². The van der Waals surface area contributed by atoms with Gasteiger partial charge < -0.3 is 11.1 Å². The van der Waals surface area contributed by atoms with Crippen LogP contribution in [-0.2, 0) is 4.79 Å². The predicted octanol–water partition coefficient (Wildman–Crippen LogP) is 2.30. The molecule has 3 N–H and O–H groups in total. The van der Waals surface area contributed by atoms with Gasteiger partial charge >= 0.3 is 0 Å². The van der Waals surface area contributed by atoms with Crippen LogP contribution in [0.2, 0.25) is 0 Å². The molecule has 100 valence electrons. The highest BCUT2D eigenvalue weighted by Crippen LogP contribution is 2.38. The monoisotopic (exact) mass is 240 g/mol. The largest absolute Gasteiger partial charge is 0.355 e. The lowest BCUT2D eigenvalue weighted by molar-refractivity contribution is -0.133. The van der Waals surface area contributed by atoms with E-state index < -0.39 is 0 Å². The molecule has 0 atom stereocenters. The summed E-state index contributed by atoms with van der Waals surface area (Å²) < 4.78 is 0. The van der Waals surface area contributed by atoms with Crippen molar-refractivity contribution in [3.05, 3.63) is 0 Å². The SMILES string of the molecule is CC1CCC(CN)(C(=O)NCC(C)(C)C)CC1. The van der Waals surface area contributed by atoms with Crippen LogP contribution in [-0.4, -0.2) is 19.0 Å². The fraction of sp³-hybridized carbons (Fsp3) is 0.929. The van der Waals surface area contributed by atoms with E-state index in [2.05, 4.69) is 33.0 Å². The van der Waals surface area contributed by atoms with E-state index in [-0.39, 0.29) is 16.7 Å². The first-order chi connectivity index (χ1) is 7.79. The number of carbonyl (C=O) groups excluding carboxylic acids is 1. The number of amides is 1. The molecule has 0 saturated heterocycles. The van der Waals surface area contributed by atoms with Crippen LogP contribution in [0.25, 0.3) is 0 Å². The number of nitrogens with two attached hydrogens (primary N) is 1. The summed E-state index contributed by atoms with van der Waals surface area (Å²) in [5.41, 5.74) is 5.70. The average Bonchev–Trinajstić information content (AvgIpc) is 2.26. The number of carbonyl (C=O) groups is 1. The Kier molecular flexibility index (Phi) is 4.59. The summed E-state index contributed by atoms with van der Waals surface area (Å²) in [6.07, 6.45) is 4.14. The minimum atomic E-state index is -0.294. The standard InChI is InChI=1S/C14H28N2O/c1-11-5-7-14(9-15,8-6-11)12(17)16-10-13(2,3)4/h11H,5-10,15H2,1-4H3,(H,16,17). The maximum atomic E-state index is 12.3. The second-order valence-electron chi connectivity index (χ2n) is 6.91. The maximum absolute atomic E-state index is 12.3. The first-order valence-corrected chi connectivity index (χ1v) is 6.77. The molecule has 3 heteroatoms. The van der Waals surface area contributed by atoms with E-state index in [0.717, 1.165) is 38.1 Å². The summed E-state index contributed by atoms with van der Waals surface area (Å²) in [4.78, 5) is 12.3. The fourth-order valence-corrected chi connectivity index (χ4v) is 2.37. The highest BCUT2D eigenvalue weighted by molar-refractivity contribution is 5.83. The van der Waals surface area contributed by atoms with Crippen molar-refractivity contribution in [2.45, 2.75) is 53.4 Å². The van der Waals surface area contributed by atoms with Gasteiger partial charge in [-0.3, -0.25) is 4.79 Å². The van der Waals surface area contributed by atoms with Crippen molar-refractivity contribution in [2.75, 3.05) is 13.1 Å². The van der Waals surface area contributed by atoms with Gasteiger partial charge in [0.25, 0.3) is 0 Å². The Bertz CT molecular complexity index is 260. The molecule has 1 rings (SSSR count). The van der Waals surface area contributed by atoms with Gasteiger partial charge in [0.05, 0.1) is 5.41 Å². The second kappa shape index (κ2) is 5.38. The molecule has 0 spiro atoms. The molecular formula is C14H28N2O. The second-order valence-corrected chi connectivity index (χ2v) is 6.91. The summed E-state index contributed by atoms with van der Waals surface area (Å²) >= 11 is 0. The summed E-state index contributed by atoms with van der Waals surface area (Å²) in [7, 11) is 0. The van der Waals surface area contributed by atoms with Gasteiger partial charge in [-0.15, -0.1) is 0 Å². The number of hydrogen-bond donors (Lipinski definition) is 2. The Morgan fingerprint density at radius 3 is 2.29 bits per heavy atom. The highest BCUT2D eigenvalue weighted by Gasteiger charge is 2.39. The third-order valence-electron chi connectivity index (χ3n) is 3.88. The Morgan fingerprint density at radius 1 is 1.35 bits per heavy atom. The summed E-state index contributed by atoms with van der Waals surface area (Å²) in [6, 6.07) is 0. The number of rotatable bonds is 3. The molecule has 1 aliphatic rings. The van der Waals surface area contributed by atoms with Crippen LogP contribution >= 0.6 is 0 Å². The molecule has 1 fully saturated rings. The Morgan fingerprint density at radius 2 is 1.88 bits per heavy atom. The highest BCUT2D eigenvalue weighted by atomic mass is 16.2. The summed E-state index contributed by atoms with van der Waals surface area (Å²) in [5, 5.41) is 3.08. The minimum absolute atomic E-state index is 0.132. The van der Waals surface area contributed by atoms with Gasteiger partial charge in [0.15, 0.2) is 0 Å². The van der Waals surface area contributed by atoms with Gasteiger partial charge in [-0.25, -0.2) is 0 Å². The molecular weight excluding hydrogens is 212 g/mol. The molecule has 1 saturated carbocycles. The van der Waals surface area contributed by atoms with Gasteiger partial charge in [0.2, 0.25) is 5.91 Å². The van der Waals surface area contributed by atoms with E-state index in [1.165, 1.54) is 0 Å². The molecule has 0 unspecified atom stereocenters. The van der Waals surface area contributed by atoms with Crippen LogP contribution in [0, 0.1) is 16.7 Å². The first kappa shape index (κ1) is 14.5. The summed E-state index contributed by atoms with van der Waals surface area (Å²) in [5.74, 6) is 0.909. The zero-order valence-electron chi connectivity index (χ0n) is 11.8. The van der Waals surface area contributed by atoms with E-state index in [4.69, 9.17) is 5.73 Å². The summed E-state index contributed by atoms with van der Waals surface area (Å²) in [6.45, 7) is 9.86. The maximum Gasteiger partial charge on any atom is 0.227 e. The van der Waals surface area contributed by atoms with Crippen LogP contribution in [0.1, 0.15) is 53.4 Å². The zero-order valence-corrected chi connectivity index (χ0v) is 11.8. The van der Waals surface area contributed by atoms with E-state index in [9.17, 15) is 4.79 Å². The zero-order chi connectivity index (χ0) is 13.1. The average molecular weight is 240 g/mol. The molecule has 0 heterocycles. The van der Waals surface area contributed by atoms with Crippen LogP contribution in [0.5, 0.6) is 0 Å². The molecule has 1 aliphatic carbocycles. The molecule has 0 radical (unpaired) electrons. The normalized spacial score (nSPS) is 30.1. The number of hydrogen-bond acceptors (Lipinski definition) is 2. The molecule has 0 aromatic rings. The van der Waals surface area contributed by atoms with E-state index >= 15 is 0 Å². The molecule has 3 nitrogen and oxygen atoms in total. The Hall–Kier alpha value is -0.570. The molecule has 0 bridgehead atoms. The van der Waals surface area contributed by atoms with Crippen molar-refractivity contribution >= 4 is 5.91 Å². The van der Waals surface area contributed by atoms with Crippen molar-refractivity contribution in [2.24, 2.45) is 22.5 Å². The minimum Gasteiger partial charge on any atom is -0.355 e. The molecule has 1 amide bonds. The van der Waals surface area contributed by atoms with Gasteiger partial charge in [-0.2, -0.15) is 0 Å². The topological polar surface area (TPSA) is 55.1 Å². The molecule has 0 aromatic heterocycles. The van der Waals surface area contributed by atoms with Gasteiger partial charge in [0.1, 0.15) is 0 Å². The lowest BCUT2D eigenvalue weighted by Crippen LogP contribution is -2.49. The third kappa shape index (κ3) is 3.98. The van der Waals surface area contributed by atoms with E-state index in [1.54, 1.807) is 0 Å². The predicted molar refractivity (Wildman–Crippen MR) is 71.6 cm³/mol. The van der Waals surface area contributed by atoms with Gasteiger partial charge in [-0.05, 0) is 37.0 Å². The quantitative estimate of drug-likeness (QED) is 0.795. The van der Waals surface area contributed by atoms with Crippen molar-refractivity contribution in [3.63, 3.8) is 0 Å². The Labute approximate surface area is 106 Å². The van der Waals surface area contributed by atoms with Crippen LogP contribution < -0.4 is 11.1 Å². The first-order valence-electron chi connectivity index (χ1n) is 6.77. The van der Waals surface area contributed by atoms with Crippen LogP contribution in [0.15, 0.2) is 0 Å². The Balaban J connectivity index is 2.58. The van der Waals surface area contributed by atoms with Crippen LogP contribution in [0.4, 0.5) is 0 Å². The smallest absolute Gasteiger partial charge is 0.227 e. The molecule has 0 aliphatic heterocycles. The van der Waals surface area contributed by atoms with Gasteiger partial charge in [-0.1, -0.05) is 27.7 Å². The van der Waals surface area contributed by atoms with Crippen molar-refractivity contribution < 1.29 is 4.79 Å². The number of nitrogens with one attached hydrogen (secondary N) is 1. The lowest BCUT2D eigenvalue weighted by Gasteiger charge is -2.37. The van der Waals surface area contributed by atoms with Crippen molar-refractivity contribution in [1.82, 2.24) is 5.32 Å². The lowest BCUT2D eigenvalue weighted by atomic mass is 9.70. The molecule has 0 aromatic carbocycles. The third-order valence-corrected chi connectivity index (χ3v) is 3.88. The van der Waals surface area contributed by atoms with E-state index in [1.807, 2.05) is 0 Å².